The Hall–Kier alpha value is -1.32. The van der Waals surface area contributed by atoms with Crippen LogP contribution in [0, 0.1) is 6.92 Å². The fourth-order valence-corrected chi connectivity index (χ4v) is 1.30. The lowest BCUT2D eigenvalue weighted by atomic mass is 10.1. The van der Waals surface area contributed by atoms with Crippen LogP contribution < -0.4 is 0 Å². The molecule has 0 amide bonds. The molecule has 0 atom stereocenters. The summed E-state index contributed by atoms with van der Waals surface area (Å²) in [5, 5.41) is 15.5. The smallest absolute Gasteiger partial charge is 0.303 e. The Kier molecular flexibility index (Phi) is 3.06. The Labute approximate surface area is 77.0 Å². The lowest BCUT2D eigenvalue weighted by molar-refractivity contribution is -0.136. The van der Waals surface area contributed by atoms with Crippen molar-refractivity contribution >= 4 is 5.97 Å². The normalized spacial score (nSPS) is 10.3. The molecule has 2 N–H and O–H groups in total. The van der Waals surface area contributed by atoms with Gasteiger partial charge in [0, 0.05) is 5.69 Å². The molecule has 0 radical (unpaired) electrons. The highest BCUT2D eigenvalue weighted by molar-refractivity contribution is 5.67. The number of hydrogen-bond acceptors (Lipinski definition) is 2. The molecule has 1 heterocycles. The molecule has 1 rings (SSSR count). The molecule has 72 valence electrons. The van der Waals surface area contributed by atoms with Gasteiger partial charge in [0.2, 0.25) is 0 Å². The SMILES string of the molecule is CCc1n[nH]c(CCC(=O)O)c1C. The molecule has 0 aliphatic heterocycles. The van der Waals surface area contributed by atoms with Crippen molar-refractivity contribution in [3.05, 3.63) is 17.0 Å². The van der Waals surface area contributed by atoms with E-state index in [4.69, 9.17) is 5.11 Å². The molecule has 0 fully saturated rings. The summed E-state index contributed by atoms with van der Waals surface area (Å²) in [6.07, 6.45) is 1.58. The monoisotopic (exact) mass is 182 g/mol. The number of rotatable bonds is 4. The van der Waals surface area contributed by atoms with Gasteiger partial charge in [-0.05, 0) is 25.3 Å². The van der Waals surface area contributed by atoms with Gasteiger partial charge in [-0.1, -0.05) is 6.92 Å². The summed E-state index contributed by atoms with van der Waals surface area (Å²) in [5.41, 5.74) is 3.07. The predicted octanol–water partition coefficient (Wildman–Crippen LogP) is 1.30. The lowest BCUT2D eigenvalue weighted by Crippen LogP contribution is -1.98. The van der Waals surface area contributed by atoms with Gasteiger partial charge in [0.1, 0.15) is 0 Å². The molecule has 13 heavy (non-hydrogen) atoms. The number of aromatic amines is 1. The highest BCUT2D eigenvalue weighted by Crippen LogP contribution is 2.11. The molecule has 0 spiro atoms. The van der Waals surface area contributed by atoms with Crippen LogP contribution in [0.2, 0.25) is 0 Å². The molecule has 0 saturated carbocycles. The zero-order chi connectivity index (χ0) is 9.84. The molecule has 0 unspecified atom stereocenters. The highest BCUT2D eigenvalue weighted by Gasteiger charge is 2.08. The van der Waals surface area contributed by atoms with E-state index in [1.807, 2.05) is 13.8 Å². The van der Waals surface area contributed by atoms with Crippen LogP contribution in [0.4, 0.5) is 0 Å². The molecule has 0 saturated heterocycles. The second kappa shape index (κ2) is 4.07. The second-order valence-electron chi connectivity index (χ2n) is 3.02. The first-order valence-corrected chi connectivity index (χ1v) is 4.39. The van der Waals surface area contributed by atoms with Crippen molar-refractivity contribution in [3.8, 4) is 0 Å². The van der Waals surface area contributed by atoms with Crippen molar-refractivity contribution in [2.24, 2.45) is 0 Å². The summed E-state index contributed by atoms with van der Waals surface area (Å²) in [6.45, 7) is 4.00. The van der Waals surface area contributed by atoms with Crippen LogP contribution in [-0.2, 0) is 17.6 Å². The topological polar surface area (TPSA) is 66.0 Å². The Morgan fingerprint density at radius 2 is 2.31 bits per heavy atom. The fourth-order valence-electron chi connectivity index (χ4n) is 1.30. The van der Waals surface area contributed by atoms with Crippen molar-refractivity contribution in [1.82, 2.24) is 10.2 Å². The molecule has 1 aromatic heterocycles. The van der Waals surface area contributed by atoms with Crippen LogP contribution in [-0.4, -0.2) is 21.3 Å². The molecular weight excluding hydrogens is 168 g/mol. The lowest BCUT2D eigenvalue weighted by Gasteiger charge is -1.96. The number of H-pyrrole nitrogens is 1. The van der Waals surface area contributed by atoms with Crippen LogP contribution in [0.1, 0.15) is 30.3 Å². The zero-order valence-electron chi connectivity index (χ0n) is 7.92. The van der Waals surface area contributed by atoms with Gasteiger partial charge in [-0.2, -0.15) is 5.10 Å². The van der Waals surface area contributed by atoms with Gasteiger partial charge < -0.3 is 5.11 Å². The predicted molar refractivity (Wildman–Crippen MR) is 48.7 cm³/mol. The molecule has 0 aliphatic rings. The molecule has 4 nitrogen and oxygen atoms in total. The number of aromatic nitrogens is 2. The van der Waals surface area contributed by atoms with Gasteiger partial charge in [-0.25, -0.2) is 0 Å². The Balaban J connectivity index is 2.67. The van der Waals surface area contributed by atoms with E-state index in [2.05, 4.69) is 10.2 Å². The van der Waals surface area contributed by atoms with Crippen LogP contribution in [0.15, 0.2) is 0 Å². The van der Waals surface area contributed by atoms with E-state index < -0.39 is 5.97 Å². The summed E-state index contributed by atoms with van der Waals surface area (Å²) >= 11 is 0. The van der Waals surface area contributed by atoms with E-state index in [-0.39, 0.29) is 6.42 Å². The van der Waals surface area contributed by atoms with E-state index in [1.165, 1.54) is 0 Å². The van der Waals surface area contributed by atoms with Crippen molar-refractivity contribution in [1.29, 1.82) is 0 Å². The summed E-state index contributed by atoms with van der Waals surface area (Å²) in [5.74, 6) is -0.771. The second-order valence-corrected chi connectivity index (χ2v) is 3.02. The summed E-state index contributed by atoms with van der Waals surface area (Å²) in [6, 6.07) is 0. The maximum atomic E-state index is 10.3. The third kappa shape index (κ3) is 2.31. The van der Waals surface area contributed by atoms with E-state index in [9.17, 15) is 4.79 Å². The molecule has 4 heteroatoms. The maximum Gasteiger partial charge on any atom is 0.303 e. The van der Waals surface area contributed by atoms with Crippen molar-refractivity contribution in [2.45, 2.75) is 33.1 Å². The first-order valence-electron chi connectivity index (χ1n) is 4.39. The Bertz CT molecular complexity index is 305. The third-order valence-electron chi connectivity index (χ3n) is 2.14. The number of carboxylic acid groups (broad SMARTS) is 1. The minimum Gasteiger partial charge on any atom is -0.481 e. The number of carboxylic acids is 1. The van der Waals surface area contributed by atoms with Gasteiger partial charge >= 0.3 is 5.97 Å². The highest BCUT2D eigenvalue weighted by atomic mass is 16.4. The molecule has 0 aromatic carbocycles. The first kappa shape index (κ1) is 9.77. The zero-order valence-corrected chi connectivity index (χ0v) is 7.92. The number of carbonyl (C=O) groups is 1. The van der Waals surface area contributed by atoms with Gasteiger partial charge in [0.25, 0.3) is 0 Å². The summed E-state index contributed by atoms with van der Waals surface area (Å²) in [7, 11) is 0. The van der Waals surface area contributed by atoms with E-state index in [0.29, 0.717) is 6.42 Å². The average molecular weight is 182 g/mol. The van der Waals surface area contributed by atoms with Crippen LogP contribution in [0.25, 0.3) is 0 Å². The average Bonchev–Trinajstić information content (AvgIpc) is 2.43. The quantitative estimate of drug-likeness (QED) is 0.737. The molecule has 0 bridgehead atoms. The van der Waals surface area contributed by atoms with Crippen LogP contribution >= 0.6 is 0 Å². The Morgan fingerprint density at radius 1 is 1.62 bits per heavy atom. The van der Waals surface area contributed by atoms with E-state index >= 15 is 0 Å². The van der Waals surface area contributed by atoms with E-state index in [1.54, 1.807) is 0 Å². The van der Waals surface area contributed by atoms with Gasteiger partial charge in [0.15, 0.2) is 0 Å². The standard InChI is InChI=1S/C9H14N2O2/c1-3-7-6(2)8(11-10-7)4-5-9(12)13/h3-5H2,1-2H3,(H,10,11)(H,12,13). The summed E-state index contributed by atoms with van der Waals surface area (Å²) < 4.78 is 0. The third-order valence-corrected chi connectivity index (χ3v) is 2.14. The van der Waals surface area contributed by atoms with Crippen molar-refractivity contribution in [2.75, 3.05) is 0 Å². The van der Waals surface area contributed by atoms with E-state index in [0.717, 1.165) is 23.4 Å². The fraction of sp³-hybridized carbons (Fsp3) is 0.556. The van der Waals surface area contributed by atoms with Gasteiger partial charge in [-0.3, -0.25) is 9.89 Å². The Morgan fingerprint density at radius 3 is 2.77 bits per heavy atom. The number of aryl methyl sites for hydroxylation is 2. The number of hydrogen-bond donors (Lipinski definition) is 2. The van der Waals surface area contributed by atoms with Crippen molar-refractivity contribution in [3.63, 3.8) is 0 Å². The molecule has 1 aromatic rings. The number of nitrogens with zero attached hydrogens (tertiary/aromatic N) is 1. The number of nitrogens with one attached hydrogen (secondary N) is 1. The summed E-state index contributed by atoms with van der Waals surface area (Å²) in [4.78, 5) is 10.3. The van der Waals surface area contributed by atoms with Crippen LogP contribution in [0.3, 0.4) is 0 Å². The minimum atomic E-state index is -0.771. The largest absolute Gasteiger partial charge is 0.481 e. The van der Waals surface area contributed by atoms with Gasteiger partial charge in [0.05, 0.1) is 12.1 Å². The molecule has 0 aliphatic carbocycles. The maximum absolute atomic E-state index is 10.3. The van der Waals surface area contributed by atoms with Gasteiger partial charge in [-0.15, -0.1) is 0 Å². The minimum absolute atomic E-state index is 0.159. The molecular formula is C9H14N2O2. The number of aliphatic carboxylic acids is 1. The first-order chi connectivity index (χ1) is 6.15. The van der Waals surface area contributed by atoms with Crippen LogP contribution in [0.5, 0.6) is 0 Å². The van der Waals surface area contributed by atoms with Crippen molar-refractivity contribution < 1.29 is 9.90 Å².